The van der Waals surface area contributed by atoms with Crippen LogP contribution in [0.25, 0.3) is 0 Å². The molecule has 1 heterocycles. The molecule has 1 unspecified atom stereocenters. The number of carbonyl (C=O) groups excluding carboxylic acids is 1. The van der Waals surface area contributed by atoms with Gasteiger partial charge in [0.25, 0.3) is 0 Å². The molecule has 2 nitrogen and oxygen atoms in total. The molecule has 0 amide bonds. The number of hydrogen-bond acceptors (Lipinski definition) is 2. The van der Waals surface area contributed by atoms with E-state index in [0.29, 0.717) is 16.6 Å². The number of aldehydes is 1. The van der Waals surface area contributed by atoms with Crippen molar-refractivity contribution < 1.29 is 4.79 Å². The first kappa shape index (κ1) is 12.4. The molecule has 0 N–H and O–H groups in total. The summed E-state index contributed by atoms with van der Waals surface area (Å²) in [5.41, 5.74) is 1.63. The highest BCUT2D eigenvalue weighted by Crippen LogP contribution is 2.31. The van der Waals surface area contributed by atoms with Crippen LogP contribution in [0.4, 0.5) is 5.69 Å². The third-order valence-corrected chi connectivity index (χ3v) is 3.89. The average Bonchev–Trinajstić information content (AvgIpc) is 2.38. The van der Waals surface area contributed by atoms with Gasteiger partial charge in [0, 0.05) is 18.3 Å². The fourth-order valence-electron chi connectivity index (χ4n) is 2.63. The zero-order valence-electron chi connectivity index (χ0n) is 10.2. The highest BCUT2D eigenvalue weighted by Gasteiger charge is 2.23. The molecule has 0 aliphatic carbocycles. The molecule has 0 aromatic heterocycles. The van der Waals surface area contributed by atoms with Gasteiger partial charge in [0.05, 0.1) is 10.6 Å². The number of benzene rings is 1. The van der Waals surface area contributed by atoms with E-state index in [0.717, 1.165) is 24.9 Å². The fraction of sp³-hybridized carbons (Fsp3) is 0.500. The number of piperidine rings is 1. The van der Waals surface area contributed by atoms with Gasteiger partial charge in [-0.1, -0.05) is 24.6 Å². The van der Waals surface area contributed by atoms with Gasteiger partial charge < -0.3 is 4.90 Å². The summed E-state index contributed by atoms with van der Waals surface area (Å²) in [6.45, 7) is 3.23. The Kier molecular flexibility index (Phi) is 4.06. The van der Waals surface area contributed by atoms with Gasteiger partial charge in [-0.25, -0.2) is 0 Å². The molecule has 0 radical (unpaired) electrons. The molecule has 17 heavy (non-hydrogen) atoms. The van der Waals surface area contributed by atoms with E-state index in [1.165, 1.54) is 19.3 Å². The Labute approximate surface area is 108 Å². The van der Waals surface area contributed by atoms with Crippen LogP contribution < -0.4 is 4.90 Å². The van der Waals surface area contributed by atoms with Crippen molar-refractivity contribution in [3.63, 3.8) is 0 Å². The Morgan fingerprint density at radius 2 is 2.29 bits per heavy atom. The van der Waals surface area contributed by atoms with E-state index in [1.54, 1.807) is 6.07 Å². The lowest BCUT2D eigenvalue weighted by atomic mass is 9.98. The summed E-state index contributed by atoms with van der Waals surface area (Å²) in [6, 6.07) is 6.25. The Bertz CT molecular complexity index is 405. The second-order valence-electron chi connectivity index (χ2n) is 4.54. The maximum Gasteiger partial charge on any atom is 0.153 e. The monoisotopic (exact) mass is 251 g/mol. The van der Waals surface area contributed by atoms with Crippen molar-refractivity contribution in [3.05, 3.63) is 28.8 Å². The third kappa shape index (κ3) is 2.47. The van der Waals surface area contributed by atoms with Gasteiger partial charge in [0.2, 0.25) is 0 Å². The zero-order chi connectivity index (χ0) is 12.3. The van der Waals surface area contributed by atoms with Gasteiger partial charge >= 0.3 is 0 Å². The molecule has 1 aliphatic rings. The molecule has 2 rings (SSSR count). The molecule has 3 heteroatoms. The van der Waals surface area contributed by atoms with Gasteiger partial charge in [-0.15, -0.1) is 0 Å². The molecule has 1 aromatic rings. The third-order valence-electron chi connectivity index (χ3n) is 3.56. The first-order chi connectivity index (χ1) is 8.27. The Balaban J connectivity index is 2.37. The maximum absolute atomic E-state index is 11.2. The minimum atomic E-state index is 0.543. The Morgan fingerprint density at radius 1 is 1.47 bits per heavy atom. The lowest BCUT2D eigenvalue weighted by Gasteiger charge is -2.38. The topological polar surface area (TPSA) is 20.3 Å². The van der Waals surface area contributed by atoms with Gasteiger partial charge in [-0.2, -0.15) is 0 Å². The van der Waals surface area contributed by atoms with E-state index < -0.39 is 0 Å². The van der Waals surface area contributed by atoms with Crippen LogP contribution in [0.3, 0.4) is 0 Å². The largest absolute Gasteiger partial charge is 0.368 e. The van der Waals surface area contributed by atoms with E-state index in [9.17, 15) is 4.79 Å². The van der Waals surface area contributed by atoms with Crippen LogP contribution >= 0.6 is 11.6 Å². The van der Waals surface area contributed by atoms with Crippen molar-refractivity contribution in [2.45, 2.75) is 38.6 Å². The highest BCUT2D eigenvalue weighted by molar-refractivity contribution is 6.33. The van der Waals surface area contributed by atoms with Crippen LogP contribution in [0.5, 0.6) is 0 Å². The molecule has 1 aromatic carbocycles. The summed E-state index contributed by atoms with van der Waals surface area (Å²) >= 11 is 6.08. The molecular weight excluding hydrogens is 234 g/mol. The second-order valence-corrected chi connectivity index (χ2v) is 4.95. The van der Waals surface area contributed by atoms with Crippen LogP contribution in [0.2, 0.25) is 5.02 Å². The van der Waals surface area contributed by atoms with Crippen molar-refractivity contribution in [2.24, 2.45) is 0 Å². The fourth-order valence-corrected chi connectivity index (χ4v) is 2.85. The van der Waals surface area contributed by atoms with E-state index in [1.807, 2.05) is 12.1 Å². The molecule has 0 spiro atoms. The predicted octanol–water partition coefficient (Wildman–Crippen LogP) is 3.92. The first-order valence-corrected chi connectivity index (χ1v) is 6.66. The van der Waals surface area contributed by atoms with Crippen LogP contribution in [-0.2, 0) is 0 Å². The van der Waals surface area contributed by atoms with Crippen molar-refractivity contribution >= 4 is 23.6 Å². The van der Waals surface area contributed by atoms with Crippen LogP contribution in [0, 0.1) is 0 Å². The van der Waals surface area contributed by atoms with E-state index in [-0.39, 0.29) is 0 Å². The summed E-state index contributed by atoms with van der Waals surface area (Å²) in [6.07, 6.45) is 5.68. The number of rotatable bonds is 3. The summed E-state index contributed by atoms with van der Waals surface area (Å²) in [5.74, 6) is 0. The number of carbonyl (C=O) groups is 1. The summed E-state index contributed by atoms with van der Waals surface area (Å²) in [7, 11) is 0. The molecule has 1 fully saturated rings. The molecular formula is C14H18ClNO. The maximum atomic E-state index is 11.2. The van der Waals surface area contributed by atoms with E-state index >= 15 is 0 Å². The minimum absolute atomic E-state index is 0.543. The van der Waals surface area contributed by atoms with Crippen molar-refractivity contribution in [2.75, 3.05) is 11.4 Å². The Hall–Kier alpha value is -1.02. The van der Waals surface area contributed by atoms with Crippen molar-refractivity contribution in [1.29, 1.82) is 0 Å². The molecule has 0 bridgehead atoms. The second kappa shape index (κ2) is 5.54. The smallest absolute Gasteiger partial charge is 0.153 e. The van der Waals surface area contributed by atoms with Gasteiger partial charge in [-0.3, -0.25) is 4.79 Å². The van der Waals surface area contributed by atoms with Crippen LogP contribution in [-0.4, -0.2) is 18.9 Å². The van der Waals surface area contributed by atoms with Gasteiger partial charge in [0.1, 0.15) is 0 Å². The quantitative estimate of drug-likeness (QED) is 0.759. The first-order valence-electron chi connectivity index (χ1n) is 6.28. The molecule has 1 saturated heterocycles. The number of halogens is 1. The zero-order valence-corrected chi connectivity index (χ0v) is 10.9. The van der Waals surface area contributed by atoms with Crippen LogP contribution in [0.1, 0.15) is 43.0 Å². The van der Waals surface area contributed by atoms with Gasteiger partial charge in [0.15, 0.2) is 6.29 Å². The molecule has 0 saturated carbocycles. The molecule has 1 aliphatic heterocycles. The summed E-state index contributed by atoms with van der Waals surface area (Å²) in [4.78, 5) is 13.5. The molecule has 1 atom stereocenters. The summed E-state index contributed by atoms with van der Waals surface area (Å²) in [5, 5.41) is 0.554. The number of nitrogens with zero attached hydrogens (tertiary/aromatic N) is 1. The van der Waals surface area contributed by atoms with E-state index in [4.69, 9.17) is 11.6 Å². The van der Waals surface area contributed by atoms with E-state index in [2.05, 4.69) is 11.8 Å². The lowest BCUT2D eigenvalue weighted by molar-refractivity contribution is 0.112. The number of hydrogen-bond donors (Lipinski definition) is 0. The lowest BCUT2D eigenvalue weighted by Crippen LogP contribution is -2.39. The number of anilines is 1. The highest BCUT2D eigenvalue weighted by atomic mass is 35.5. The predicted molar refractivity (Wildman–Crippen MR) is 72.1 cm³/mol. The molecule has 92 valence electrons. The summed E-state index contributed by atoms with van der Waals surface area (Å²) < 4.78 is 0. The standard InChI is InChI=1S/C14H18ClNO/c1-2-11-6-3-4-9-16(11)14-8-5-7-13(15)12(14)10-17/h5,7-8,10-11H,2-4,6,9H2,1H3. The SMILES string of the molecule is CCC1CCCCN1c1cccc(Cl)c1C=O. The Morgan fingerprint density at radius 3 is 3.00 bits per heavy atom. The minimum Gasteiger partial charge on any atom is -0.368 e. The van der Waals surface area contributed by atoms with Crippen LogP contribution in [0.15, 0.2) is 18.2 Å². The average molecular weight is 252 g/mol. The van der Waals surface area contributed by atoms with Crippen molar-refractivity contribution in [1.82, 2.24) is 0 Å². The van der Waals surface area contributed by atoms with Gasteiger partial charge in [-0.05, 0) is 37.8 Å². The normalized spacial score (nSPS) is 20.4. The van der Waals surface area contributed by atoms with Crippen molar-refractivity contribution in [3.8, 4) is 0 Å².